The van der Waals surface area contributed by atoms with Crippen LogP contribution in [0.2, 0.25) is 0 Å². The van der Waals surface area contributed by atoms with Crippen LogP contribution in [0.3, 0.4) is 0 Å². The van der Waals surface area contributed by atoms with Gasteiger partial charge in [0.15, 0.2) is 0 Å². The second kappa shape index (κ2) is 8.03. The number of aliphatic hydroxyl groups excluding tert-OH is 1. The fourth-order valence-corrected chi connectivity index (χ4v) is 2.47. The lowest BCUT2D eigenvalue weighted by molar-refractivity contribution is 0.00288. The van der Waals surface area contributed by atoms with E-state index in [0.29, 0.717) is 13.2 Å². The minimum Gasteiger partial charge on any atom is -0.394 e. The highest BCUT2D eigenvalue weighted by Gasteiger charge is 2.38. The maximum atomic E-state index is 9.46. The first-order valence-electron chi connectivity index (χ1n) is 6.81. The molecule has 2 N–H and O–H groups in total. The zero-order valence-electron chi connectivity index (χ0n) is 11.2. The van der Waals surface area contributed by atoms with E-state index in [4.69, 9.17) is 9.47 Å². The molecule has 1 fully saturated rings. The Labute approximate surface area is 105 Å². The molecule has 0 aromatic heterocycles. The molecule has 0 saturated heterocycles. The van der Waals surface area contributed by atoms with Crippen LogP contribution < -0.4 is 5.32 Å². The number of ether oxygens (including phenoxy) is 2. The predicted octanol–water partition coefficient (Wildman–Crippen LogP) is 1.32. The second-order valence-electron chi connectivity index (χ2n) is 4.82. The Hall–Kier alpha value is -0.160. The molecule has 0 heterocycles. The van der Waals surface area contributed by atoms with Crippen LogP contribution in [0.4, 0.5) is 0 Å². The minimum absolute atomic E-state index is 0.107. The molecule has 4 heteroatoms. The molecule has 102 valence electrons. The summed E-state index contributed by atoms with van der Waals surface area (Å²) in [5.74, 6) is 0. The van der Waals surface area contributed by atoms with Gasteiger partial charge in [-0.05, 0) is 32.2 Å². The Morgan fingerprint density at radius 1 is 1.29 bits per heavy atom. The topological polar surface area (TPSA) is 50.7 Å². The van der Waals surface area contributed by atoms with Gasteiger partial charge in [0.05, 0.1) is 25.9 Å². The van der Waals surface area contributed by atoms with Crippen LogP contribution in [0.15, 0.2) is 0 Å². The standard InChI is InChI=1S/C13H27NO3/c1-3-7-16-8-9-17-12-5-6-13(10-12,11-15)14-4-2/h12,14-15H,3-11H2,1-2H3. The van der Waals surface area contributed by atoms with Crippen LogP contribution in [0.25, 0.3) is 0 Å². The van der Waals surface area contributed by atoms with Crippen LogP contribution in [-0.4, -0.2) is 49.7 Å². The maximum Gasteiger partial charge on any atom is 0.0704 e. The van der Waals surface area contributed by atoms with E-state index in [1.165, 1.54) is 0 Å². The van der Waals surface area contributed by atoms with E-state index in [0.717, 1.165) is 38.8 Å². The Kier molecular flexibility index (Phi) is 7.04. The summed E-state index contributed by atoms with van der Waals surface area (Å²) in [5, 5.41) is 12.9. The zero-order chi connectivity index (χ0) is 12.6. The third-order valence-electron chi connectivity index (χ3n) is 3.35. The average molecular weight is 245 g/mol. The molecule has 4 nitrogen and oxygen atoms in total. The van der Waals surface area contributed by atoms with E-state index in [9.17, 15) is 5.11 Å². The van der Waals surface area contributed by atoms with Crippen LogP contribution in [0, 0.1) is 0 Å². The van der Waals surface area contributed by atoms with Crippen molar-refractivity contribution in [3.63, 3.8) is 0 Å². The second-order valence-corrected chi connectivity index (χ2v) is 4.82. The highest BCUT2D eigenvalue weighted by molar-refractivity contribution is 4.96. The first kappa shape index (κ1) is 14.9. The predicted molar refractivity (Wildman–Crippen MR) is 68.2 cm³/mol. The van der Waals surface area contributed by atoms with Gasteiger partial charge >= 0.3 is 0 Å². The molecule has 1 rings (SSSR count). The summed E-state index contributed by atoms with van der Waals surface area (Å²) in [6.07, 6.45) is 4.26. The van der Waals surface area contributed by atoms with Gasteiger partial charge in [-0.2, -0.15) is 0 Å². The van der Waals surface area contributed by atoms with Crippen LogP contribution >= 0.6 is 0 Å². The number of rotatable bonds is 9. The number of likely N-dealkylation sites (N-methyl/N-ethyl adjacent to an activating group) is 1. The quantitative estimate of drug-likeness (QED) is 0.602. The summed E-state index contributed by atoms with van der Waals surface area (Å²) in [6.45, 7) is 7.43. The van der Waals surface area contributed by atoms with Crippen molar-refractivity contribution in [3.05, 3.63) is 0 Å². The number of hydrogen-bond donors (Lipinski definition) is 2. The van der Waals surface area contributed by atoms with E-state index in [1.54, 1.807) is 0 Å². The minimum atomic E-state index is -0.107. The monoisotopic (exact) mass is 245 g/mol. The molecule has 1 aliphatic carbocycles. The number of aliphatic hydroxyl groups is 1. The molecule has 1 aliphatic rings. The van der Waals surface area contributed by atoms with Crippen molar-refractivity contribution in [1.29, 1.82) is 0 Å². The van der Waals surface area contributed by atoms with Gasteiger partial charge in [-0.15, -0.1) is 0 Å². The Morgan fingerprint density at radius 3 is 2.76 bits per heavy atom. The fourth-order valence-electron chi connectivity index (χ4n) is 2.47. The summed E-state index contributed by atoms with van der Waals surface area (Å²) in [5.41, 5.74) is -0.107. The van der Waals surface area contributed by atoms with E-state index < -0.39 is 0 Å². The van der Waals surface area contributed by atoms with Crippen molar-refractivity contribution in [2.45, 2.75) is 51.2 Å². The molecule has 0 amide bonds. The largest absolute Gasteiger partial charge is 0.394 e. The summed E-state index contributed by atoms with van der Waals surface area (Å²) in [7, 11) is 0. The lowest BCUT2D eigenvalue weighted by Crippen LogP contribution is -2.46. The van der Waals surface area contributed by atoms with Crippen molar-refractivity contribution >= 4 is 0 Å². The molecule has 0 bridgehead atoms. The Morgan fingerprint density at radius 2 is 2.12 bits per heavy atom. The summed E-state index contributed by atoms with van der Waals surface area (Å²) < 4.78 is 11.2. The zero-order valence-corrected chi connectivity index (χ0v) is 11.2. The van der Waals surface area contributed by atoms with Crippen LogP contribution in [0.5, 0.6) is 0 Å². The molecule has 2 unspecified atom stereocenters. The normalized spacial score (nSPS) is 28.8. The van der Waals surface area contributed by atoms with Gasteiger partial charge in [-0.25, -0.2) is 0 Å². The molecular weight excluding hydrogens is 218 g/mol. The van der Waals surface area contributed by atoms with Crippen LogP contribution in [0.1, 0.15) is 39.5 Å². The van der Waals surface area contributed by atoms with Gasteiger partial charge in [-0.1, -0.05) is 13.8 Å². The van der Waals surface area contributed by atoms with Crippen LogP contribution in [-0.2, 0) is 9.47 Å². The van der Waals surface area contributed by atoms with Gasteiger partial charge < -0.3 is 19.9 Å². The van der Waals surface area contributed by atoms with Crippen molar-refractivity contribution in [2.75, 3.05) is 33.0 Å². The third-order valence-corrected chi connectivity index (χ3v) is 3.35. The SMILES string of the molecule is CCCOCCOC1CCC(CO)(NCC)C1. The Balaban J connectivity index is 2.16. The fraction of sp³-hybridized carbons (Fsp3) is 1.00. The van der Waals surface area contributed by atoms with Crippen molar-refractivity contribution in [3.8, 4) is 0 Å². The van der Waals surface area contributed by atoms with Gasteiger partial charge in [0.1, 0.15) is 0 Å². The molecule has 0 aromatic carbocycles. The number of hydrogen-bond acceptors (Lipinski definition) is 4. The van der Waals surface area contributed by atoms with Crippen molar-refractivity contribution in [2.24, 2.45) is 0 Å². The van der Waals surface area contributed by atoms with E-state index in [1.807, 2.05) is 0 Å². The van der Waals surface area contributed by atoms with Crippen molar-refractivity contribution in [1.82, 2.24) is 5.32 Å². The lowest BCUT2D eigenvalue weighted by atomic mass is 9.99. The highest BCUT2D eigenvalue weighted by atomic mass is 16.5. The highest BCUT2D eigenvalue weighted by Crippen LogP contribution is 2.31. The molecule has 2 atom stereocenters. The molecular formula is C13H27NO3. The van der Waals surface area contributed by atoms with E-state index in [-0.39, 0.29) is 18.2 Å². The molecule has 1 saturated carbocycles. The van der Waals surface area contributed by atoms with Gasteiger partial charge in [0.2, 0.25) is 0 Å². The van der Waals surface area contributed by atoms with E-state index >= 15 is 0 Å². The third kappa shape index (κ3) is 4.92. The molecule has 0 spiro atoms. The summed E-state index contributed by atoms with van der Waals surface area (Å²) in [6, 6.07) is 0. The summed E-state index contributed by atoms with van der Waals surface area (Å²) >= 11 is 0. The summed E-state index contributed by atoms with van der Waals surface area (Å²) in [4.78, 5) is 0. The van der Waals surface area contributed by atoms with E-state index in [2.05, 4.69) is 19.2 Å². The smallest absolute Gasteiger partial charge is 0.0704 e. The molecule has 0 aliphatic heterocycles. The molecule has 0 aromatic rings. The average Bonchev–Trinajstić information content (AvgIpc) is 2.74. The molecule has 0 radical (unpaired) electrons. The van der Waals surface area contributed by atoms with Crippen molar-refractivity contribution < 1.29 is 14.6 Å². The maximum absolute atomic E-state index is 9.46. The number of nitrogens with one attached hydrogen (secondary N) is 1. The van der Waals surface area contributed by atoms with Gasteiger partial charge in [0, 0.05) is 12.1 Å². The Bertz CT molecular complexity index is 201. The molecule has 17 heavy (non-hydrogen) atoms. The first-order valence-corrected chi connectivity index (χ1v) is 6.81. The van der Waals surface area contributed by atoms with Gasteiger partial charge in [0.25, 0.3) is 0 Å². The van der Waals surface area contributed by atoms with Gasteiger partial charge in [-0.3, -0.25) is 0 Å². The lowest BCUT2D eigenvalue weighted by Gasteiger charge is -2.27. The first-order chi connectivity index (χ1) is 8.26.